The second-order valence-corrected chi connectivity index (χ2v) is 3.61. The number of nitrogens with zero attached hydrogens (tertiary/aromatic N) is 3. The van der Waals surface area contributed by atoms with Crippen LogP contribution in [0.25, 0.3) is 10.9 Å². The lowest BCUT2D eigenvalue weighted by Crippen LogP contribution is -2.15. The maximum absolute atomic E-state index is 9.42. The molecule has 0 fully saturated rings. The third kappa shape index (κ3) is 2.08. The maximum atomic E-state index is 9.42. The smallest absolute Gasteiger partial charge is 0.161 e. The van der Waals surface area contributed by atoms with Crippen molar-refractivity contribution in [1.29, 1.82) is 10.5 Å². The van der Waals surface area contributed by atoms with Crippen molar-refractivity contribution in [3.05, 3.63) is 42.1 Å². The van der Waals surface area contributed by atoms with Crippen LogP contribution in [-0.4, -0.2) is 16.2 Å². The minimum Gasteiger partial charge on any atom is -0.376 e. The van der Waals surface area contributed by atoms with Crippen molar-refractivity contribution in [2.24, 2.45) is 0 Å². The number of rotatable bonds is 2. The highest BCUT2D eigenvalue weighted by Gasteiger charge is 2.21. The zero-order valence-corrected chi connectivity index (χ0v) is 8.91. The number of fused-ring (bicyclic) bond motifs is 1. The molecule has 0 bridgehead atoms. The zero-order valence-electron chi connectivity index (χ0n) is 8.91. The Kier molecular flexibility index (Phi) is 3.00. The molecule has 2 unspecified atom stereocenters. The van der Waals surface area contributed by atoms with E-state index in [0.29, 0.717) is 5.69 Å². The van der Waals surface area contributed by atoms with E-state index in [4.69, 9.17) is 10.5 Å². The van der Waals surface area contributed by atoms with Gasteiger partial charge in [-0.25, -0.2) is 0 Å². The molecule has 4 nitrogen and oxygen atoms in total. The van der Waals surface area contributed by atoms with Crippen molar-refractivity contribution < 1.29 is 5.11 Å². The molecule has 82 valence electrons. The van der Waals surface area contributed by atoms with E-state index in [1.54, 1.807) is 12.1 Å². The minimum atomic E-state index is -1.35. The Morgan fingerprint density at radius 2 is 1.82 bits per heavy atom. The fourth-order valence-corrected chi connectivity index (χ4v) is 1.63. The van der Waals surface area contributed by atoms with Crippen LogP contribution in [0.4, 0.5) is 0 Å². The Balaban J connectivity index is 2.50. The van der Waals surface area contributed by atoms with Crippen molar-refractivity contribution >= 4 is 10.9 Å². The number of hydrogen-bond donors (Lipinski definition) is 1. The van der Waals surface area contributed by atoms with Gasteiger partial charge < -0.3 is 5.11 Å². The molecule has 0 radical (unpaired) electrons. The third-order valence-corrected chi connectivity index (χ3v) is 2.53. The summed E-state index contributed by atoms with van der Waals surface area (Å²) in [6.07, 6.45) is -1.35. The van der Waals surface area contributed by atoms with Gasteiger partial charge in [-0.05, 0) is 12.1 Å². The Morgan fingerprint density at radius 1 is 1.06 bits per heavy atom. The number of benzene rings is 1. The van der Waals surface area contributed by atoms with Crippen molar-refractivity contribution in [3.8, 4) is 12.1 Å². The standard InChI is InChI=1S/C13H9N3O/c14-7-10(13(17)8-15)12-6-5-9-3-1-2-4-11(9)16-12/h1-6,10,13,17H. The van der Waals surface area contributed by atoms with Crippen LogP contribution in [0.1, 0.15) is 11.6 Å². The SMILES string of the molecule is N#CC(O)C(C#N)c1ccc2ccccc2n1. The zero-order chi connectivity index (χ0) is 12.3. The molecule has 0 saturated carbocycles. The average molecular weight is 223 g/mol. The molecule has 1 N–H and O–H groups in total. The van der Waals surface area contributed by atoms with E-state index in [9.17, 15) is 5.11 Å². The van der Waals surface area contributed by atoms with Crippen LogP contribution >= 0.6 is 0 Å². The summed E-state index contributed by atoms with van der Waals surface area (Å²) >= 11 is 0. The van der Waals surface area contributed by atoms with Gasteiger partial charge in [0.05, 0.1) is 23.3 Å². The van der Waals surface area contributed by atoms with Crippen molar-refractivity contribution in [2.45, 2.75) is 12.0 Å². The molecule has 0 aliphatic rings. The number of aromatic nitrogens is 1. The molecule has 0 saturated heterocycles. The predicted molar refractivity (Wildman–Crippen MR) is 61.7 cm³/mol. The summed E-state index contributed by atoms with van der Waals surface area (Å²) in [6, 6.07) is 14.5. The van der Waals surface area contributed by atoms with Crippen LogP contribution < -0.4 is 0 Å². The summed E-state index contributed by atoms with van der Waals surface area (Å²) < 4.78 is 0. The van der Waals surface area contributed by atoms with Crippen LogP contribution in [0.3, 0.4) is 0 Å². The Bertz CT molecular complexity index is 624. The summed E-state index contributed by atoms with van der Waals surface area (Å²) in [4.78, 5) is 4.28. The third-order valence-electron chi connectivity index (χ3n) is 2.53. The van der Waals surface area contributed by atoms with E-state index in [1.165, 1.54) is 0 Å². The molecule has 2 rings (SSSR count). The largest absolute Gasteiger partial charge is 0.376 e. The highest BCUT2D eigenvalue weighted by molar-refractivity contribution is 5.78. The molecule has 0 amide bonds. The van der Waals surface area contributed by atoms with Gasteiger partial charge in [0.2, 0.25) is 0 Å². The van der Waals surface area contributed by atoms with E-state index >= 15 is 0 Å². The van der Waals surface area contributed by atoms with Gasteiger partial charge in [0, 0.05) is 5.39 Å². The Labute approximate surface area is 98.4 Å². The highest BCUT2D eigenvalue weighted by atomic mass is 16.3. The molecule has 0 aliphatic heterocycles. The van der Waals surface area contributed by atoms with Gasteiger partial charge in [-0.15, -0.1) is 0 Å². The number of aliphatic hydroxyl groups excluding tert-OH is 1. The highest BCUT2D eigenvalue weighted by Crippen LogP contribution is 2.20. The van der Waals surface area contributed by atoms with E-state index in [0.717, 1.165) is 10.9 Å². The van der Waals surface area contributed by atoms with Gasteiger partial charge in [0.1, 0.15) is 5.92 Å². The fraction of sp³-hybridized carbons (Fsp3) is 0.154. The van der Waals surface area contributed by atoms with Crippen LogP contribution in [0.2, 0.25) is 0 Å². The molecular formula is C13H9N3O. The predicted octanol–water partition coefficient (Wildman–Crippen LogP) is 1.73. The number of nitriles is 2. The van der Waals surface area contributed by atoms with Crippen LogP contribution in [0, 0.1) is 22.7 Å². The first-order valence-electron chi connectivity index (χ1n) is 5.09. The molecule has 17 heavy (non-hydrogen) atoms. The van der Waals surface area contributed by atoms with E-state index in [1.807, 2.05) is 36.4 Å². The summed E-state index contributed by atoms with van der Waals surface area (Å²) in [6.45, 7) is 0. The van der Waals surface area contributed by atoms with Gasteiger partial charge in [0.25, 0.3) is 0 Å². The topological polar surface area (TPSA) is 80.7 Å². The van der Waals surface area contributed by atoms with Crippen molar-refractivity contribution in [3.63, 3.8) is 0 Å². The van der Waals surface area contributed by atoms with Gasteiger partial charge in [0.15, 0.2) is 6.10 Å². The van der Waals surface area contributed by atoms with Gasteiger partial charge in [-0.1, -0.05) is 24.3 Å². The van der Waals surface area contributed by atoms with Crippen LogP contribution in [-0.2, 0) is 0 Å². The maximum Gasteiger partial charge on any atom is 0.161 e. The van der Waals surface area contributed by atoms with Crippen LogP contribution in [0.15, 0.2) is 36.4 Å². The molecule has 0 spiro atoms. The van der Waals surface area contributed by atoms with Crippen LogP contribution in [0.5, 0.6) is 0 Å². The molecule has 1 aromatic heterocycles. The summed E-state index contributed by atoms with van der Waals surface area (Å²) in [7, 11) is 0. The number of pyridine rings is 1. The van der Waals surface area contributed by atoms with Crippen molar-refractivity contribution in [2.75, 3.05) is 0 Å². The lowest BCUT2D eigenvalue weighted by molar-refractivity contribution is 0.215. The Hall–Kier alpha value is -2.43. The van der Waals surface area contributed by atoms with E-state index in [2.05, 4.69) is 4.98 Å². The van der Waals surface area contributed by atoms with Crippen molar-refractivity contribution in [1.82, 2.24) is 4.98 Å². The number of para-hydroxylation sites is 1. The normalized spacial score (nSPS) is 13.6. The number of hydrogen-bond acceptors (Lipinski definition) is 4. The van der Waals surface area contributed by atoms with Gasteiger partial charge in [-0.3, -0.25) is 4.98 Å². The molecule has 2 aromatic rings. The number of aliphatic hydroxyl groups is 1. The summed E-state index contributed by atoms with van der Waals surface area (Å²) in [5, 5.41) is 28.0. The molecule has 2 atom stereocenters. The van der Waals surface area contributed by atoms with E-state index in [-0.39, 0.29) is 0 Å². The quantitative estimate of drug-likeness (QED) is 0.786. The lowest BCUT2D eigenvalue weighted by Gasteiger charge is -2.10. The summed E-state index contributed by atoms with van der Waals surface area (Å²) in [5.41, 5.74) is 1.16. The molecular weight excluding hydrogens is 214 g/mol. The molecule has 0 aliphatic carbocycles. The molecule has 1 aromatic carbocycles. The Morgan fingerprint density at radius 3 is 2.53 bits per heavy atom. The van der Waals surface area contributed by atoms with E-state index < -0.39 is 12.0 Å². The molecule has 4 heteroatoms. The van der Waals surface area contributed by atoms with Gasteiger partial charge in [-0.2, -0.15) is 10.5 Å². The van der Waals surface area contributed by atoms with Gasteiger partial charge >= 0.3 is 0 Å². The first kappa shape index (κ1) is 11.1. The first-order chi connectivity index (χ1) is 8.26. The monoisotopic (exact) mass is 223 g/mol. The summed E-state index contributed by atoms with van der Waals surface area (Å²) in [5.74, 6) is -0.912. The molecule has 1 heterocycles. The fourth-order valence-electron chi connectivity index (χ4n) is 1.63. The second-order valence-electron chi connectivity index (χ2n) is 3.61. The average Bonchev–Trinajstić information content (AvgIpc) is 2.39. The lowest BCUT2D eigenvalue weighted by atomic mass is 10.00. The minimum absolute atomic E-state index is 0.417. The first-order valence-corrected chi connectivity index (χ1v) is 5.09. The second kappa shape index (κ2) is 4.61.